The van der Waals surface area contributed by atoms with Crippen molar-refractivity contribution < 1.29 is 9.53 Å². The predicted octanol–water partition coefficient (Wildman–Crippen LogP) is 2.43. The number of aromatic nitrogens is 3. The van der Waals surface area contributed by atoms with E-state index in [4.69, 9.17) is 4.74 Å². The number of likely N-dealkylation sites (tertiary alicyclic amines) is 1. The Hall–Kier alpha value is -2.37. The number of carbonyl (C=O) groups is 1. The summed E-state index contributed by atoms with van der Waals surface area (Å²) in [6.07, 6.45) is 6.69. The summed E-state index contributed by atoms with van der Waals surface area (Å²) in [4.78, 5) is 18.5. The van der Waals surface area contributed by atoms with Crippen LogP contribution in [0.3, 0.4) is 0 Å². The lowest BCUT2D eigenvalue weighted by Gasteiger charge is -2.32. The number of pyridine rings is 1. The van der Waals surface area contributed by atoms with Crippen LogP contribution in [0, 0.1) is 13.8 Å². The maximum absolute atomic E-state index is 12.5. The van der Waals surface area contributed by atoms with Crippen LogP contribution >= 0.6 is 0 Å². The fraction of sp³-hybridized carbons (Fsp3) is 0.526. The van der Waals surface area contributed by atoms with E-state index in [1.807, 2.05) is 35.7 Å². The first kappa shape index (κ1) is 17.5. The van der Waals surface area contributed by atoms with Crippen LogP contribution < -0.4 is 4.74 Å². The summed E-state index contributed by atoms with van der Waals surface area (Å²) in [6, 6.07) is 3.74. The molecule has 0 bridgehead atoms. The highest BCUT2D eigenvalue weighted by Gasteiger charge is 2.24. The number of amides is 1. The first-order valence-corrected chi connectivity index (χ1v) is 8.88. The van der Waals surface area contributed by atoms with E-state index in [0.717, 1.165) is 49.5 Å². The lowest BCUT2D eigenvalue weighted by atomic mass is 10.0. The molecule has 0 saturated carbocycles. The van der Waals surface area contributed by atoms with Crippen molar-refractivity contribution in [2.24, 2.45) is 7.05 Å². The molecule has 134 valence electrons. The number of piperidine rings is 1. The van der Waals surface area contributed by atoms with Crippen molar-refractivity contribution in [3.63, 3.8) is 0 Å². The Morgan fingerprint density at radius 2 is 1.92 bits per heavy atom. The Kier molecular flexibility index (Phi) is 5.36. The lowest BCUT2D eigenvalue weighted by molar-refractivity contribution is -0.132. The van der Waals surface area contributed by atoms with Gasteiger partial charge < -0.3 is 9.64 Å². The van der Waals surface area contributed by atoms with Gasteiger partial charge in [0.1, 0.15) is 11.9 Å². The number of ether oxygens (including phenoxy) is 1. The molecule has 0 aliphatic carbocycles. The van der Waals surface area contributed by atoms with Crippen LogP contribution in [0.5, 0.6) is 5.75 Å². The van der Waals surface area contributed by atoms with Gasteiger partial charge in [-0.1, -0.05) is 0 Å². The fourth-order valence-electron chi connectivity index (χ4n) is 3.40. The van der Waals surface area contributed by atoms with Crippen LogP contribution in [-0.2, 0) is 18.3 Å². The topological polar surface area (TPSA) is 60.2 Å². The van der Waals surface area contributed by atoms with Gasteiger partial charge in [-0.2, -0.15) is 5.10 Å². The van der Waals surface area contributed by atoms with E-state index in [2.05, 4.69) is 17.0 Å². The van der Waals surface area contributed by atoms with Crippen molar-refractivity contribution in [2.45, 2.75) is 45.6 Å². The largest absolute Gasteiger partial charge is 0.490 e. The van der Waals surface area contributed by atoms with Crippen LogP contribution in [-0.4, -0.2) is 44.8 Å². The molecule has 1 aliphatic rings. The maximum atomic E-state index is 12.5. The summed E-state index contributed by atoms with van der Waals surface area (Å²) < 4.78 is 7.84. The zero-order chi connectivity index (χ0) is 17.8. The standard InChI is InChI=1S/C19H26N4O2/c1-14-18(15(2)22(3)21-14)4-5-19(24)23-12-8-17(9-13-23)25-16-6-10-20-11-7-16/h6-7,10-11,17H,4-5,8-9,12-13H2,1-3H3. The molecule has 6 heteroatoms. The lowest BCUT2D eigenvalue weighted by Crippen LogP contribution is -2.41. The Morgan fingerprint density at radius 3 is 2.52 bits per heavy atom. The van der Waals surface area contributed by atoms with E-state index in [1.54, 1.807) is 12.4 Å². The molecule has 1 fully saturated rings. The van der Waals surface area contributed by atoms with Crippen LogP contribution in [0.1, 0.15) is 36.2 Å². The van der Waals surface area contributed by atoms with Crippen LogP contribution in [0.15, 0.2) is 24.5 Å². The normalized spacial score (nSPS) is 15.4. The van der Waals surface area contributed by atoms with Gasteiger partial charge in [0.25, 0.3) is 0 Å². The smallest absolute Gasteiger partial charge is 0.222 e. The molecule has 0 spiro atoms. The van der Waals surface area contributed by atoms with Gasteiger partial charge in [0.05, 0.1) is 5.69 Å². The molecule has 0 radical (unpaired) electrons. The van der Waals surface area contributed by atoms with Gasteiger partial charge in [0.2, 0.25) is 5.91 Å². The van der Waals surface area contributed by atoms with Gasteiger partial charge in [-0.3, -0.25) is 14.5 Å². The zero-order valence-corrected chi connectivity index (χ0v) is 15.2. The number of rotatable bonds is 5. The number of hydrogen-bond acceptors (Lipinski definition) is 4. The average molecular weight is 342 g/mol. The first-order chi connectivity index (χ1) is 12.0. The van der Waals surface area contributed by atoms with Gasteiger partial charge in [-0.15, -0.1) is 0 Å². The summed E-state index contributed by atoms with van der Waals surface area (Å²) in [5.41, 5.74) is 3.37. The molecule has 25 heavy (non-hydrogen) atoms. The van der Waals surface area contributed by atoms with E-state index in [1.165, 1.54) is 5.56 Å². The third-order valence-corrected chi connectivity index (χ3v) is 4.99. The molecule has 6 nitrogen and oxygen atoms in total. The number of nitrogens with zero attached hydrogens (tertiary/aromatic N) is 4. The molecule has 2 aromatic heterocycles. The first-order valence-electron chi connectivity index (χ1n) is 8.88. The van der Waals surface area contributed by atoms with Crippen molar-refractivity contribution >= 4 is 5.91 Å². The number of hydrogen-bond donors (Lipinski definition) is 0. The SMILES string of the molecule is Cc1nn(C)c(C)c1CCC(=O)N1CCC(Oc2ccncc2)CC1. The summed E-state index contributed by atoms with van der Waals surface area (Å²) in [6.45, 7) is 5.59. The van der Waals surface area contributed by atoms with E-state index < -0.39 is 0 Å². The highest BCUT2D eigenvalue weighted by Crippen LogP contribution is 2.20. The summed E-state index contributed by atoms with van der Waals surface area (Å²) >= 11 is 0. The Labute approximate surface area is 148 Å². The quantitative estimate of drug-likeness (QED) is 0.837. The number of aryl methyl sites for hydroxylation is 2. The molecule has 0 aromatic carbocycles. The Balaban J connectivity index is 1.47. The third kappa shape index (κ3) is 4.18. The predicted molar refractivity (Wildman–Crippen MR) is 95.5 cm³/mol. The van der Waals surface area contributed by atoms with Crippen LogP contribution in [0.25, 0.3) is 0 Å². The molecule has 0 N–H and O–H groups in total. The third-order valence-electron chi connectivity index (χ3n) is 4.99. The molecule has 0 atom stereocenters. The molecular formula is C19H26N4O2. The molecule has 1 amide bonds. The van der Waals surface area contributed by atoms with E-state index in [0.29, 0.717) is 6.42 Å². The van der Waals surface area contributed by atoms with Gasteiger partial charge in [0.15, 0.2) is 0 Å². The summed E-state index contributed by atoms with van der Waals surface area (Å²) in [5.74, 6) is 1.08. The second kappa shape index (κ2) is 7.68. The van der Waals surface area contributed by atoms with E-state index >= 15 is 0 Å². The molecule has 1 saturated heterocycles. The van der Waals surface area contributed by atoms with Crippen molar-refractivity contribution in [1.29, 1.82) is 0 Å². The van der Waals surface area contributed by atoms with Crippen LogP contribution in [0.4, 0.5) is 0 Å². The van der Waals surface area contributed by atoms with Crippen LogP contribution in [0.2, 0.25) is 0 Å². The van der Waals surface area contributed by atoms with Gasteiger partial charge in [0, 0.05) is 57.5 Å². The highest BCUT2D eigenvalue weighted by molar-refractivity contribution is 5.76. The fourth-order valence-corrected chi connectivity index (χ4v) is 3.40. The minimum atomic E-state index is 0.175. The van der Waals surface area contributed by atoms with Gasteiger partial charge in [-0.05, 0) is 38.0 Å². The van der Waals surface area contributed by atoms with Crippen molar-refractivity contribution in [3.8, 4) is 5.75 Å². The second-order valence-corrected chi connectivity index (χ2v) is 6.65. The highest BCUT2D eigenvalue weighted by atomic mass is 16.5. The average Bonchev–Trinajstić information content (AvgIpc) is 2.86. The number of carbonyl (C=O) groups excluding carboxylic acids is 1. The molecule has 0 unspecified atom stereocenters. The van der Waals surface area contributed by atoms with E-state index in [9.17, 15) is 4.79 Å². The summed E-state index contributed by atoms with van der Waals surface area (Å²) in [7, 11) is 1.95. The molecule has 1 aliphatic heterocycles. The molecule has 2 aromatic rings. The van der Waals surface area contributed by atoms with Crippen molar-refractivity contribution in [3.05, 3.63) is 41.5 Å². The van der Waals surface area contributed by atoms with E-state index in [-0.39, 0.29) is 12.0 Å². The Bertz CT molecular complexity index is 719. The molecule has 3 rings (SSSR count). The minimum Gasteiger partial charge on any atom is -0.490 e. The van der Waals surface area contributed by atoms with Crippen molar-refractivity contribution in [1.82, 2.24) is 19.7 Å². The molecule has 3 heterocycles. The minimum absolute atomic E-state index is 0.175. The zero-order valence-electron chi connectivity index (χ0n) is 15.2. The van der Waals surface area contributed by atoms with Gasteiger partial charge in [-0.25, -0.2) is 0 Å². The maximum Gasteiger partial charge on any atom is 0.222 e. The van der Waals surface area contributed by atoms with Crippen molar-refractivity contribution in [2.75, 3.05) is 13.1 Å². The summed E-state index contributed by atoms with van der Waals surface area (Å²) in [5, 5.41) is 4.42. The second-order valence-electron chi connectivity index (χ2n) is 6.65. The molecular weight excluding hydrogens is 316 g/mol. The Morgan fingerprint density at radius 1 is 1.24 bits per heavy atom. The monoisotopic (exact) mass is 342 g/mol. The van der Waals surface area contributed by atoms with Gasteiger partial charge >= 0.3 is 0 Å².